The average molecular weight is 361 g/mol. The third kappa shape index (κ3) is 5.04. The van der Waals surface area contributed by atoms with Crippen LogP contribution in [0.15, 0.2) is 33.2 Å². The summed E-state index contributed by atoms with van der Waals surface area (Å²) in [6, 6.07) is 7.97. The highest BCUT2D eigenvalue weighted by Gasteiger charge is 2.08. The molecule has 0 saturated heterocycles. The summed E-state index contributed by atoms with van der Waals surface area (Å²) in [5.41, 5.74) is 0.986. The normalized spacial score (nSPS) is 13.3. The maximum Gasteiger partial charge on any atom is 0.258 e. The van der Waals surface area contributed by atoms with Crippen LogP contribution >= 0.6 is 31.9 Å². The Morgan fingerprint density at radius 3 is 2.53 bits per heavy atom. The van der Waals surface area contributed by atoms with Gasteiger partial charge in [-0.05, 0) is 53.0 Å². The first-order valence-corrected chi connectivity index (χ1v) is 7.05. The number of hydrogen-bond acceptors (Lipinski definition) is 1. The quantitative estimate of drug-likeness (QED) is 0.804. The number of rotatable bonds is 4. The molecule has 1 atom stereocenters. The van der Waals surface area contributed by atoms with E-state index in [0.29, 0.717) is 4.48 Å². The first kappa shape index (κ1) is 14.5. The molecular weight excluding hydrogens is 346 g/mol. The summed E-state index contributed by atoms with van der Waals surface area (Å²) in [6.07, 6.45) is 2.73. The van der Waals surface area contributed by atoms with Gasteiger partial charge in [-0.1, -0.05) is 35.0 Å². The molecule has 1 rings (SSSR count). The second-order valence-corrected chi connectivity index (χ2v) is 5.60. The van der Waals surface area contributed by atoms with Crippen molar-refractivity contribution in [3.8, 4) is 0 Å². The third-order valence-electron chi connectivity index (χ3n) is 2.37. The minimum atomic E-state index is -0.0812. The van der Waals surface area contributed by atoms with Gasteiger partial charge in [-0.2, -0.15) is 0 Å². The van der Waals surface area contributed by atoms with Gasteiger partial charge >= 0.3 is 0 Å². The van der Waals surface area contributed by atoms with E-state index in [1.54, 1.807) is 0 Å². The van der Waals surface area contributed by atoms with Crippen LogP contribution in [0.1, 0.15) is 25.8 Å². The molecule has 1 aromatic rings. The predicted octanol–water partition coefficient (Wildman–Crippen LogP) is 4.10. The minimum Gasteiger partial charge on any atom is -0.349 e. The van der Waals surface area contributed by atoms with Gasteiger partial charge in [-0.3, -0.25) is 4.79 Å². The van der Waals surface area contributed by atoms with E-state index in [-0.39, 0.29) is 11.9 Å². The topological polar surface area (TPSA) is 29.1 Å². The molecule has 0 bridgehead atoms. The van der Waals surface area contributed by atoms with Crippen molar-refractivity contribution in [2.45, 2.75) is 26.3 Å². The monoisotopic (exact) mass is 359 g/mol. The van der Waals surface area contributed by atoms with Gasteiger partial charge < -0.3 is 5.32 Å². The highest BCUT2D eigenvalue weighted by Crippen LogP contribution is 2.16. The zero-order valence-electron chi connectivity index (χ0n) is 9.84. The Balaban J connectivity index is 2.71. The molecule has 0 aliphatic rings. The van der Waals surface area contributed by atoms with Crippen molar-refractivity contribution in [3.05, 3.63) is 38.8 Å². The number of nitrogens with one attached hydrogen (secondary N) is 1. The van der Waals surface area contributed by atoms with E-state index in [1.165, 1.54) is 0 Å². The van der Waals surface area contributed by atoms with Gasteiger partial charge in [0.1, 0.15) is 0 Å². The zero-order chi connectivity index (χ0) is 12.8. The number of benzene rings is 1. The summed E-state index contributed by atoms with van der Waals surface area (Å²) in [7, 11) is 0. The van der Waals surface area contributed by atoms with Crippen LogP contribution in [-0.4, -0.2) is 11.9 Å². The van der Waals surface area contributed by atoms with Crippen LogP contribution < -0.4 is 5.32 Å². The second-order valence-electron chi connectivity index (χ2n) is 3.83. The molecule has 0 heterocycles. The molecule has 0 fully saturated rings. The fourth-order valence-electron chi connectivity index (χ4n) is 1.17. The van der Waals surface area contributed by atoms with Crippen LogP contribution in [-0.2, 0) is 4.79 Å². The van der Waals surface area contributed by atoms with Crippen molar-refractivity contribution >= 4 is 43.8 Å². The number of carbonyl (C=O) groups is 1. The van der Waals surface area contributed by atoms with E-state index in [1.807, 2.05) is 44.2 Å². The molecule has 1 aromatic carbocycles. The van der Waals surface area contributed by atoms with Crippen LogP contribution in [0.5, 0.6) is 0 Å². The molecule has 0 saturated carbocycles. The summed E-state index contributed by atoms with van der Waals surface area (Å²) in [6.45, 7) is 4.02. The largest absolute Gasteiger partial charge is 0.349 e. The maximum absolute atomic E-state index is 11.7. The Morgan fingerprint density at radius 1 is 1.41 bits per heavy atom. The smallest absolute Gasteiger partial charge is 0.258 e. The van der Waals surface area contributed by atoms with Crippen LogP contribution in [0, 0.1) is 0 Å². The zero-order valence-corrected chi connectivity index (χ0v) is 13.0. The van der Waals surface area contributed by atoms with Gasteiger partial charge in [-0.25, -0.2) is 0 Å². The van der Waals surface area contributed by atoms with Crippen molar-refractivity contribution in [1.29, 1.82) is 0 Å². The average Bonchev–Trinajstić information content (AvgIpc) is 2.31. The SMILES string of the molecule is CCC(C)NC(=O)/C(Br)=C/c1ccc(Br)cc1. The molecular formula is C13H15Br2NO. The summed E-state index contributed by atoms with van der Waals surface area (Å²) >= 11 is 6.66. The predicted molar refractivity (Wildman–Crippen MR) is 78.9 cm³/mol. The first-order valence-electron chi connectivity index (χ1n) is 5.46. The molecule has 1 N–H and O–H groups in total. The van der Waals surface area contributed by atoms with Crippen molar-refractivity contribution in [2.24, 2.45) is 0 Å². The molecule has 1 unspecified atom stereocenters. The third-order valence-corrected chi connectivity index (χ3v) is 3.49. The molecule has 92 valence electrons. The van der Waals surface area contributed by atoms with Gasteiger partial charge in [-0.15, -0.1) is 0 Å². The van der Waals surface area contributed by atoms with Crippen LogP contribution in [0.2, 0.25) is 0 Å². The molecule has 17 heavy (non-hydrogen) atoms. The van der Waals surface area contributed by atoms with E-state index in [0.717, 1.165) is 16.5 Å². The molecule has 0 aromatic heterocycles. The van der Waals surface area contributed by atoms with Crippen molar-refractivity contribution in [1.82, 2.24) is 5.32 Å². The standard InChI is InChI=1S/C13H15Br2NO/c1-3-9(2)16-13(17)12(15)8-10-4-6-11(14)7-5-10/h4-9H,3H2,1-2H3,(H,16,17)/b12-8-. The maximum atomic E-state index is 11.7. The summed E-state index contributed by atoms with van der Waals surface area (Å²) in [5.74, 6) is -0.0812. The highest BCUT2D eigenvalue weighted by atomic mass is 79.9. The van der Waals surface area contributed by atoms with Gasteiger partial charge in [0.15, 0.2) is 0 Å². The van der Waals surface area contributed by atoms with Crippen molar-refractivity contribution < 1.29 is 4.79 Å². The lowest BCUT2D eigenvalue weighted by Gasteiger charge is -2.10. The Hall–Kier alpha value is -0.610. The van der Waals surface area contributed by atoms with Gasteiger partial charge in [0.25, 0.3) is 5.91 Å². The number of carbonyl (C=O) groups excluding carboxylic acids is 1. The second kappa shape index (κ2) is 6.97. The number of amides is 1. The molecule has 0 aliphatic heterocycles. The lowest BCUT2D eigenvalue weighted by molar-refractivity contribution is -0.117. The van der Waals surface area contributed by atoms with Gasteiger partial charge in [0.05, 0.1) is 4.48 Å². The van der Waals surface area contributed by atoms with Gasteiger partial charge in [0.2, 0.25) is 0 Å². The van der Waals surface area contributed by atoms with Crippen LogP contribution in [0.3, 0.4) is 0 Å². The van der Waals surface area contributed by atoms with Crippen LogP contribution in [0.4, 0.5) is 0 Å². The lowest BCUT2D eigenvalue weighted by Crippen LogP contribution is -2.31. The molecule has 2 nitrogen and oxygen atoms in total. The Bertz CT molecular complexity index is 412. The molecule has 4 heteroatoms. The Labute approximate surface area is 119 Å². The van der Waals surface area contributed by atoms with Crippen molar-refractivity contribution in [3.63, 3.8) is 0 Å². The van der Waals surface area contributed by atoms with E-state index in [4.69, 9.17) is 0 Å². The van der Waals surface area contributed by atoms with E-state index >= 15 is 0 Å². The summed E-state index contributed by atoms with van der Waals surface area (Å²) in [5, 5.41) is 2.90. The summed E-state index contributed by atoms with van der Waals surface area (Å²) in [4.78, 5) is 11.7. The summed E-state index contributed by atoms with van der Waals surface area (Å²) < 4.78 is 1.56. The molecule has 0 spiro atoms. The van der Waals surface area contributed by atoms with Gasteiger partial charge in [0, 0.05) is 10.5 Å². The van der Waals surface area contributed by atoms with Crippen LogP contribution in [0.25, 0.3) is 6.08 Å². The van der Waals surface area contributed by atoms with E-state index < -0.39 is 0 Å². The van der Waals surface area contributed by atoms with E-state index in [9.17, 15) is 4.79 Å². The fraction of sp³-hybridized carbons (Fsp3) is 0.308. The van der Waals surface area contributed by atoms with Crippen molar-refractivity contribution in [2.75, 3.05) is 0 Å². The molecule has 1 amide bonds. The Morgan fingerprint density at radius 2 is 2.00 bits per heavy atom. The molecule has 0 aliphatic carbocycles. The lowest BCUT2D eigenvalue weighted by atomic mass is 10.2. The molecule has 0 radical (unpaired) electrons. The first-order chi connectivity index (χ1) is 8.02. The minimum absolute atomic E-state index is 0.0812. The number of halogens is 2. The number of hydrogen-bond donors (Lipinski definition) is 1. The van der Waals surface area contributed by atoms with E-state index in [2.05, 4.69) is 37.2 Å². The fourth-order valence-corrected chi connectivity index (χ4v) is 1.81. The Kier molecular flexibility index (Phi) is 5.92. The highest BCUT2D eigenvalue weighted by molar-refractivity contribution is 9.12.